The van der Waals surface area contributed by atoms with Gasteiger partial charge in [0.1, 0.15) is 0 Å². The van der Waals surface area contributed by atoms with Crippen LogP contribution >= 0.6 is 43.6 Å². The summed E-state index contributed by atoms with van der Waals surface area (Å²) in [4.78, 5) is 1.20. The van der Waals surface area contributed by atoms with Crippen LogP contribution in [0.2, 0.25) is 0 Å². The van der Waals surface area contributed by atoms with Crippen LogP contribution in [-0.4, -0.2) is 0 Å². The topological polar surface area (TPSA) is 0 Å². The Morgan fingerprint density at radius 1 is 1.50 bits per heavy atom. The van der Waals surface area contributed by atoms with Crippen LogP contribution in [0.1, 0.15) is 6.42 Å². The lowest BCUT2D eigenvalue weighted by atomic mass is 10.4. The molecule has 0 N–H and O–H groups in total. The average molecular weight is 256 g/mol. The number of hydrogen-bond acceptors (Lipinski definition) is 1. The highest BCUT2D eigenvalue weighted by Gasteiger charge is 2.12. The molecule has 44 valence electrons. The molecule has 0 saturated carbocycles. The molecule has 0 fully saturated rings. The van der Waals surface area contributed by atoms with E-state index in [1.54, 1.807) is 11.8 Å². The SMILES string of the molecule is C=C1CC(Br)=C(Br)S1. The second-order valence-electron chi connectivity index (χ2n) is 1.50. The van der Waals surface area contributed by atoms with Crippen molar-refractivity contribution in [3.05, 3.63) is 19.8 Å². The van der Waals surface area contributed by atoms with Crippen LogP contribution < -0.4 is 0 Å². The summed E-state index contributed by atoms with van der Waals surface area (Å²) in [5.74, 6) is 0. The van der Waals surface area contributed by atoms with Crippen molar-refractivity contribution in [3.8, 4) is 0 Å². The molecule has 1 heterocycles. The van der Waals surface area contributed by atoms with Crippen LogP contribution in [0.15, 0.2) is 19.8 Å². The van der Waals surface area contributed by atoms with E-state index in [1.807, 2.05) is 0 Å². The fraction of sp³-hybridized carbons (Fsp3) is 0.200. The molecule has 0 aliphatic carbocycles. The van der Waals surface area contributed by atoms with Crippen molar-refractivity contribution in [1.29, 1.82) is 0 Å². The van der Waals surface area contributed by atoms with Gasteiger partial charge in [0.15, 0.2) is 0 Å². The van der Waals surface area contributed by atoms with Crippen molar-refractivity contribution < 1.29 is 0 Å². The van der Waals surface area contributed by atoms with Crippen molar-refractivity contribution in [2.24, 2.45) is 0 Å². The molecule has 8 heavy (non-hydrogen) atoms. The molecule has 0 nitrogen and oxygen atoms in total. The van der Waals surface area contributed by atoms with Crippen LogP contribution in [0.25, 0.3) is 0 Å². The monoisotopic (exact) mass is 254 g/mol. The lowest BCUT2D eigenvalue weighted by Crippen LogP contribution is -1.60. The number of rotatable bonds is 0. The fourth-order valence-electron chi connectivity index (χ4n) is 0.461. The predicted molar refractivity (Wildman–Crippen MR) is 46.2 cm³/mol. The van der Waals surface area contributed by atoms with Gasteiger partial charge in [-0.2, -0.15) is 0 Å². The van der Waals surface area contributed by atoms with E-state index >= 15 is 0 Å². The number of thioether (sulfide) groups is 1. The lowest BCUT2D eigenvalue weighted by Gasteiger charge is -1.84. The van der Waals surface area contributed by atoms with E-state index in [9.17, 15) is 0 Å². The Kier molecular flexibility index (Phi) is 2.23. The van der Waals surface area contributed by atoms with Crippen molar-refractivity contribution in [3.63, 3.8) is 0 Å². The van der Waals surface area contributed by atoms with Gasteiger partial charge in [-0.15, -0.1) is 0 Å². The van der Waals surface area contributed by atoms with E-state index in [-0.39, 0.29) is 0 Å². The van der Waals surface area contributed by atoms with Gasteiger partial charge < -0.3 is 0 Å². The third-order valence-corrected chi connectivity index (χ3v) is 4.09. The highest BCUT2D eigenvalue weighted by molar-refractivity contribution is 9.16. The first-order valence-corrected chi connectivity index (χ1v) is 4.50. The largest absolute Gasteiger partial charge is 0.0887 e. The van der Waals surface area contributed by atoms with Gasteiger partial charge in [-0.25, -0.2) is 0 Å². The summed E-state index contributed by atoms with van der Waals surface area (Å²) in [6, 6.07) is 0. The predicted octanol–water partition coefficient (Wildman–Crippen LogP) is 3.60. The van der Waals surface area contributed by atoms with Crippen LogP contribution in [0, 0.1) is 0 Å². The quantitative estimate of drug-likeness (QED) is 0.638. The number of halogens is 2. The number of hydrogen-bond donors (Lipinski definition) is 0. The summed E-state index contributed by atoms with van der Waals surface area (Å²) < 4.78 is 2.38. The maximum Gasteiger partial charge on any atom is 0.0652 e. The molecule has 1 rings (SSSR count). The molecule has 0 bridgehead atoms. The molecule has 0 aromatic rings. The van der Waals surface area contributed by atoms with Gasteiger partial charge in [-0.3, -0.25) is 0 Å². The highest BCUT2D eigenvalue weighted by Crippen LogP contribution is 2.45. The Labute approximate surface area is 69.7 Å². The first kappa shape index (κ1) is 6.90. The summed E-state index contributed by atoms with van der Waals surface area (Å²) in [6.45, 7) is 3.82. The van der Waals surface area contributed by atoms with Crippen LogP contribution in [-0.2, 0) is 0 Å². The minimum Gasteiger partial charge on any atom is -0.0887 e. The molecule has 0 unspecified atom stereocenters. The van der Waals surface area contributed by atoms with Gasteiger partial charge in [0, 0.05) is 10.9 Å². The molecule has 1 aliphatic rings. The van der Waals surface area contributed by atoms with Crippen LogP contribution in [0.5, 0.6) is 0 Å². The van der Waals surface area contributed by atoms with Crippen LogP contribution in [0.3, 0.4) is 0 Å². The molecule has 0 aromatic heterocycles. The zero-order chi connectivity index (χ0) is 6.15. The normalized spacial score (nSPS) is 20.5. The Hall–Kier alpha value is 0.790. The second-order valence-corrected chi connectivity index (χ2v) is 4.96. The van der Waals surface area contributed by atoms with Gasteiger partial charge >= 0.3 is 0 Å². The third-order valence-electron chi connectivity index (χ3n) is 0.800. The van der Waals surface area contributed by atoms with Crippen molar-refractivity contribution >= 4 is 43.6 Å². The molecule has 0 saturated heterocycles. The molecule has 0 atom stereocenters. The standard InChI is InChI=1S/C5H4Br2S/c1-3-2-4(6)5(7)8-3/h1-2H2. The van der Waals surface area contributed by atoms with E-state index in [0.717, 1.165) is 6.42 Å². The molecule has 0 aromatic carbocycles. The van der Waals surface area contributed by atoms with E-state index in [2.05, 4.69) is 38.4 Å². The van der Waals surface area contributed by atoms with Gasteiger partial charge in [-0.05, 0) is 20.8 Å². The van der Waals surface area contributed by atoms with Crippen molar-refractivity contribution in [1.82, 2.24) is 0 Å². The zero-order valence-electron chi connectivity index (χ0n) is 4.08. The fourth-order valence-corrected chi connectivity index (χ4v) is 2.71. The van der Waals surface area contributed by atoms with Gasteiger partial charge in [-0.1, -0.05) is 34.3 Å². The maximum atomic E-state index is 3.82. The summed E-state index contributed by atoms with van der Waals surface area (Å²) in [5, 5.41) is 0. The molecule has 1 aliphatic heterocycles. The van der Waals surface area contributed by atoms with E-state index in [4.69, 9.17) is 0 Å². The zero-order valence-corrected chi connectivity index (χ0v) is 8.07. The van der Waals surface area contributed by atoms with Gasteiger partial charge in [0.2, 0.25) is 0 Å². The van der Waals surface area contributed by atoms with Crippen LogP contribution in [0.4, 0.5) is 0 Å². The first-order chi connectivity index (χ1) is 3.70. The van der Waals surface area contributed by atoms with Crippen molar-refractivity contribution in [2.75, 3.05) is 0 Å². The Balaban J connectivity index is 2.73. The van der Waals surface area contributed by atoms with E-state index in [0.29, 0.717) is 0 Å². The maximum absolute atomic E-state index is 3.82. The molecule has 0 amide bonds. The minimum absolute atomic E-state index is 0.977. The molecule has 0 radical (unpaired) electrons. The number of allylic oxidation sites excluding steroid dienone is 2. The smallest absolute Gasteiger partial charge is 0.0652 e. The summed E-state index contributed by atoms with van der Waals surface area (Å²) in [7, 11) is 0. The molecular formula is C5H4Br2S. The lowest BCUT2D eigenvalue weighted by molar-refractivity contribution is 1.38. The second kappa shape index (κ2) is 2.58. The molecular weight excluding hydrogens is 252 g/mol. The Bertz CT molecular complexity index is 144. The highest BCUT2D eigenvalue weighted by atomic mass is 79.9. The molecule has 0 spiro atoms. The summed E-state index contributed by atoms with van der Waals surface area (Å²) in [5.41, 5.74) is 0. The summed E-state index contributed by atoms with van der Waals surface area (Å²) >= 11 is 8.46. The third kappa shape index (κ3) is 1.39. The summed E-state index contributed by atoms with van der Waals surface area (Å²) in [6.07, 6.45) is 0.977. The Morgan fingerprint density at radius 2 is 2.12 bits per heavy atom. The van der Waals surface area contributed by atoms with Gasteiger partial charge in [0.05, 0.1) is 3.81 Å². The first-order valence-electron chi connectivity index (χ1n) is 2.10. The van der Waals surface area contributed by atoms with Gasteiger partial charge in [0.25, 0.3) is 0 Å². The van der Waals surface area contributed by atoms with E-state index in [1.165, 1.54) is 13.2 Å². The van der Waals surface area contributed by atoms with E-state index < -0.39 is 0 Å². The van der Waals surface area contributed by atoms with Crippen molar-refractivity contribution in [2.45, 2.75) is 6.42 Å². The average Bonchev–Trinajstić information content (AvgIpc) is 1.85. The molecule has 3 heteroatoms. The minimum atomic E-state index is 0.977. The Morgan fingerprint density at radius 3 is 2.25 bits per heavy atom.